The van der Waals surface area contributed by atoms with E-state index in [9.17, 15) is 127 Å². The van der Waals surface area contributed by atoms with Crippen LogP contribution in [-0.2, 0) is 125 Å². The van der Waals surface area contributed by atoms with E-state index in [1.165, 1.54) is 13.8 Å². The van der Waals surface area contributed by atoms with Crippen LogP contribution in [0.25, 0.3) is 0 Å². The lowest BCUT2D eigenvalue weighted by molar-refractivity contribution is -0.340. The van der Waals surface area contributed by atoms with Crippen LogP contribution in [0, 0.1) is 17.8 Å². The Kier molecular flexibility index (Phi) is 26.1. The normalized spacial score (nSPS) is 44.4. The van der Waals surface area contributed by atoms with E-state index in [1.54, 1.807) is 0 Å². The predicted molar refractivity (Wildman–Crippen MR) is 262 cm³/mol. The highest BCUT2D eigenvalue weighted by Gasteiger charge is 2.56. The van der Waals surface area contributed by atoms with E-state index in [1.807, 2.05) is 0 Å². The van der Waals surface area contributed by atoms with Gasteiger partial charge < -0.3 is 118 Å². The lowest BCUT2D eigenvalue weighted by Gasteiger charge is -2.46. The van der Waals surface area contributed by atoms with Gasteiger partial charge in [-0.15, -0.1) is 0 Å². The van der Waals surface area contributed by atoms with Crippen LogP contribution in [0.1, 0.15) is 13.8 Å². The van der Waals surface area contributed by atoms with Gasteiger partial charge >= 0.3 is 52.0 Å². The van der Waals surface area contributed by atoms with Gasteiger partial charge in [-0.25, -0.2) is 20.9 Å². The van der Waals surface area contributed by atoms with Gasteiger partial charge in [0.2, 0.25) is 0 Å². The molecule has 88 heavy (non-hydrogen) atoms. The minimum atomic E-state index is -5.65. The molecule has 0 amide bonds. The molecule has 6 rings (SSSR count). The number of hydrogen-bond donors (Lipinski definition) is 18. The van der Waals surface area contributed by atoms with Crippen LogP contribution in [0.15, 0.2) is 0 Å². The van der Waals surface area contributed by atoms with E-state index < -0.39 is 282 Å². The molecule has 0 aromatic rings. The minimum absolute atomic E-state index is 0.842. The molecule has 0 aromatic heterocycles. The second kappa shape index (κ2) is 30.4. The van der Waals surface area contributed by atoms with Gasteiger partial charge in [-0.2, -0.15) is 42.1 Å². The number of hydrogen-bond acceptors (Lipinski definition) is 39. The van der Waals surface area contributed by atoms with Crippen molar-refractivity contribution in [1.82, 2.24) is 0 Å². The van der Waals surface area contributed by atoms with Crippen LogP contribution in [0.3, 0.4) is 0 Å². The summed E-state index contributed by atoms with van der Waals surface area (Å²) >= 11 is 0. The van der Waals surface area contributed by atoms with E-state index in [2.05, 4.69) is 16.7 Å². The van der Waals surface area contributed by atoms with E-state index in [0.717, 1.165) is 0 Å². The topological polar surface area (TPSA) is 683 Å². The first-order chi connectivity index (χ1) is 40.5. The third-order valence-corrected chi connectivity index (χ3v) is 16.8. The fourth-order valence-electron chi connectivity index (χ4n) is 10.1. The minimum Gasteiger partial charge on any atom is -0.394 e. The predicted octanol–water partition coefficient (Wildman–Crippen LogP) is -12.2. The van der Waals surface area contributed by atoms with E-state index in [-0.39, 0.29) is 0 Å². The largest absolute Gasteiger partial charge is 0.397 e. The maximum absolute atomic E-state index is 12.1. The number of rotatable bonds is 27. The lowest BCUT2D eigenvalue weighted by atomic mass is 9.88. The lowest BCUT2D eigenvalue weighted by Crippen LogP contribution is -2.63. The fourth-order valence-corrected chi connectivity index (χ4v) is 12.7. The van der Waals surface area contributed by atoms with Crippen molar-refractivity contribution in [3.8, 4) is 0 Å². The number of aliphatic hydroxyl groups excluding tert-OH is 13. The molecule has 0 radical (unpaired) electrons. The molecule has 0 aromatic carbocycles. The van der Waals surface area contributed by atoms with E-state index in [4.69, 9.17) is 60.8 Å². The molecule has 6 aliphatic rings. The second-order valence-corrected chi connectivity index (χ2v) is 25.7. The third kappa shape index (κ3) is 19.7. The Morgan fingerprint density at radius 3 is 1.05 bits per heavy atom. The first-order valence-corrected chi connectivity index (χ1v) is 32.4. The molecular formula is C39H68O44S5. The molecule has 6 fully saturated rings. The maximum atomic E-state index is 12.1. The summed E-state index contributed by atoms with van der Waals surface area (Å²) in [7, 11) is -27.5. The average molecular weight is 1400 g/mol. The number of aliphatic hydroxyl groups is 13. The van der Waals surface area contributed by atoms with Crippen LogP contribution < -0.4 is 0 Å². The molecule has 0 bridgehead atoms. The van der Waals surface area contributed by atoms with Crippen molar-refractivity contribution in [3.05, 3.63) is 0 Å². The summed E-state index contributed by atoms with van der Waals surface area (Å²) in [4.78, 5) is 0. The Morgan fingerprint density at radius 1 is 0.295 bits per heavy atom. The first-order valence-electron chi connectivity index (χ1n) is 25.5. The van der Waals surface area contributed by atoms with Crippen molar-refractivity contribution in [1.29, 1.82) is 0 Å². The second-order valence-electron chi connectivity index (χ2n) is 20.5. The Labute approximate surface area is 498 Å². The standard InChI is InChI=1S/C39H68O44S5/c1-10-12(5-68-37-26(49)31(81-86(59,60)61)19(42)11(2)74-37)29(79-84(53,54)55)25(48)36(73-10)70-7-14-20(43)15(3-40)76-35(21(14)44)69-6-13-17(75-34(52)24(47)30(13)80-85(56,57)58)8-71-39-28(51)33(83-88(65,66)67)23(46)18(78-39)9-72-38-27(50)32(82-87(62,63)64)22(45)16(4-41)77-38/h10-52H,3-9H2,1-2H3,(H,53,54,55)(H,56,57,58)(H,59,60,61)(H,62,63,64)(H,65,66,67). The molecule has 518 valence electrons. The highest BCUT2D eigenvalue weighted by atomic mass is 32.3. The Morgan fingerprint density at radius 2 is 0.602 bits per heavy atom. The molecule has 6 aliphatic heterocycles. The van der Waals surface area contributed by atoms with E-state index in [0.29, 0.717) is 0 Å². The summed E-state index contributed by atoms with van der Waals surface area (Å²) in [6.07, 6.45) is -57.2. The SMILES string of the molecule is CC1OC(OCC2C(C)OC(OCC3C(O)C(CO)OC(OCC4C(COC5OC(COC6OC(CO)C(O)C(OS(=O)(=O)O)C6O)C(O)C(OS(=O)(=O)O)C5O)OC(O)C(O)C4OS(=O)(=O)O)C3O)C(O)C2OS(=O)(=O)O)C(O)C(OS(=O)(=O)O)C1O. The van der Waals surface area contributed by atoms with Crippen LogP contribution >= 0.6 is 0 Å². The zero-order valence-electron chi connectivity index (χ0n) is 45.0. The molecule has 6 heterocycles. The Hall–Kier alpha value is -1.61. The molecule has 0 spiro atoms. The van der Waals surface area contributed by atoms with Gasteiger partial charge in [0.1, 0.15) is 104 Å². The van der Waals surface area contributed by atoms with Crippen LogP contribution in [-0.4, -0.2) is 343 Å². The van der Waals surface area contributed by atoms with Gasteiger partial charge in [0, 0.05) is 17.8 Å². The van der Waals surface area contributed by atoms with Gasteiger partial charge in [0.25, 0.3) is 0 Å². The molecule has 30 unspecified atom stereocenters. The number of ether oxygens (including phenoxy) is 11. The molecule has 6 saturated heterocycles. The monoisotopic (exact) mass is 1400 g/mol. The molecule has 30 atom stereocenters. The van der Waals surface area contributed by atoms with Crippen molar-refractivity contribution >= 4 is 52.0 Å². The summed E-state index contributed by atoms with van der Waals surface area (Å²) < 4.78 is 248. The van der Waals surface area contributed by atoms with Crippen molar-refractivity contribution in [2.45, 2.75) is 180 Å². The summed E-state index contributed by atoms with van der Waals surface area (Å²) in [5, 5.41) is 140. The van der Waals surface area contributed by atoms with Gasteiger partial charge in [-0.1, -0.05) is 0 Å². The van der Waals surface area contributed by atoms with Crippen LogP contribution in [0.4, 0.5) is 0 Å². The molecule has 0 saturated carbocycles. The van der Waals surface area contributed by atoms with E-state index >= 15 is 0 Å². The molecule has 44 nitrogen and oxygen atoms in total. The smallest absolute Gasteiger partial charge is 0.394 e. The molecular weight excluding hydrogens is 1330 g/mol. The first kappa shape index (κ1) is 75.4. The van der Waals surface area contributed by atoms with Gasteiger partial charge in [0.05, 0.1) is 70.7 Å². The van der Waals surface area contributed by atoms with Gasteiger partial charge in [-0.05, 0) is 13.8 Å². The average Bonchev–Trinajstić information content (AvgIpc) is 2.25. The van der Waals surface area contributed by atoms with Crippen LogP contribution in [0.2, 0.25) is 0 Å². The molecule has 49 heteroatoms. The van der Waals surface area contributed by atoms with Crippen molar-refractivity contribution < 1.29 is 204 Å². The zero-order chi connectivity index (χ0) is 66.1. The zero-order valence-corrected chi connectivity index (χ0v) is 49.1. The summed E-state index contributed by atoms with van der Waals surface area (Å²) in [6.45, 7) is -5.12. The maximum Gasteiger partial charge on any atom is 0.397 e. The van der Waals surface area contributed by atoms with Crippen LogP contribution in [0.5, 0.6) is 0 Å². The summed E-state index contributed by atoms with van der Waals surface area (Å²) in [6, 6.07) is 0. The summed E-state index contributed by atoms with van der Waals surface area (Å²) in [5.74, 6) is -5.19. The fraction of sp³-hybridized carbons (Fsp3) is 1.00. The Bertz CT molecular complexity index is 2820. The van der Waals surface area contributed by atoms with Crippen molar-refractivity contribution in [3.63, 3.8) is 0 Å². The van der Waals surface area contributed by atoms with Crippen molar-refractivity contribution in [2.75, 3.05) is 46.2 Å². The molecule has 0 aliphatic carbocycles. The quantitative estimate of drug-likeness (QED) is 0.0340. The summed E-state index contributed by atoms with van der Waals surface area (Å²) in [5.41, 5.74) is 0. The highest BCUT2D eigenvalue weighted by Crippen LogP contribution is 2.37. The molecule has 18 N–H and O–H groups in total. The van der Waals surface area contributed by atoms with Gasteiger partial charge in [0.15, 0.2) is 37.7 Å². The third-order valence-electron chi connectivity index (χ3n) is 14.5. The Balaban J connectivity index is 1.18. The highest BCUT2D eigenvalue weighted by molar-refractivity contribution is 7.81. The van der Waals surface area contributed by atoms with Crippen molar-refractivity contribution in [2.24, 2.45) is 17.8 Å². The van der Waals surface area contributed by atoms with Gasteiger partial charge in [-0.3, -0.25) is 22.8 Å².